The minimum absolute atomic E-state index is 0.335. The fourth-order valence-electron chi connectivity index (χ4n) is 1.28. The van der Waals surface area contributed by atoms with E-state index in [0.29, 0.717) is 6.20 Å². The van der Waals surface area contributed by atoms with Gasteiger partial charge in [0.2, 0.25) is 0 Å². The largest absolute Gasteiger partial charge is 0.418 e. The van der Waals surface area contributed by atoms with Crippen molar-refractivity contribution in [3.63, 3.8) is 0 Å². The van der Waals surface area contributed by atoms with Gasteiger partial charge >= 0.3 is 6.18 Å². The van der Waals surface area contributed by atoms with E-state index in [1.54, 1.807) is 0 Å². The van der Waals surface area contributed by atoms with Crippen molar-refractivity contribution in [2.75, 3.05) is 0 Å². The number of alkyl halides is 6. The van der Waals surface area contributed by atoms with Gasteiger partial charge in [-0.15, -0.1) is 11.6 Å². The molecule has 1 aromatic rings. The fourth-order valence-corrected chi connectivity index (χ4v) is 1.56. The van der Waals surface area contributed by atoms with Gasteiger partial charge in [0.1, 0.15) is 11.8 Å². The molecule has 0 N–H and O–H groups in total. The van der Waals surface area contributed by atoms with Gasteiger partial charge in [0, 0.05) is 12.1 Å². The Kier molecular flexibility index (Phi) is 3.88. The van der Waals surface area contributed by atoms with E-state index in [0.717, 1.165) is 0 Å². The van der Waals surface area contributed by atoms with Crippen LogP contribution in [-0.4, -0.2) is 4.98 Å². The second-order valence-corrected chi connectivity index (χ2v) is 3.22. The molecule has 0 aromatic carbocycles. The number of nitrogens with zero attached hydrogens (tertiary/aromatic N) is 2. The molecule has 0 aliphatic rings. The number of aromatic nitrogens is 1. The Morgan fingerprint density at radius 3 is 2.35 bits per heavy atom. The molecule has 1 aromatic heterocycles. The Balaban J connectivity index is 3.60. The van der Waals surface area contributed by atoms with Crippen LogP contribution in [0.5, 0.6) is 0 Å². The lowest BCUT2D eigenvalue weighted by molar-refractivity contribution is -0.138. The topological polar surface area (TPSA) is 36.7 Å². The summed E-state index contributed by atoms with van der Waals surface area (Å²) in [6.07, 6.45) is -7.75. The van der Waals surface area contributed by atoms with Crippen molar-refractivity contribution in [2.45, 2.75) is 18.5 Å². The van der Waals surface area contributed by atoms with E-state index in [1.807, 2.05) is 0 Å². The summed E-state index contributed by atoms with van der Waals surface area (Å²) in [5.41, 5.74) is -3.96. The third-order valence-corrected chi connectivity index (χ3v) is 2.26. The lowest BCUT2D eigenvalue weighted by atomic mass is 10.0. The first kappa shape index (κ1) is 13.6. The maximum Gasteiger partial charge on any atom is 0.418 e. The Bertz CT molecular complexity index is 464. The van der Waals surface area contributed by atoms with Crippen LogP contribution in [0.4, 0.5) is 22.0 Å². The first-order valence-electron chi connectivity index (χ1n) is 4.16. The summed E-state index contributed by atoms with van der Waals surface area (Å²) in [6, 6.07) is 1.31. The van der Waals surface area contributed by atoms with E-state index in [4.69, 9.17) is 16.9 Å². The van der Waals surface area contributed by atoms with E-state index < -0.39 is 40.9 Å². The summed E-state index contributed by atoms with van der Waals surface area (Å²) in [7, 11) is 0. The van der Waals surface area contributed by atoms with Gasteiger partial charge in [-0.1, -0.05) is 0 Å². The Hall–Kier alpha value is -1.42. The lowest BCUT2D eigenvalue weighted by Crippen LogP contribution is -2.13. The third-order valence-electron chi connectivity index (χ3n) is 1.99. The normalized spacial score (nSPS) is 11.6. The molecule has 8 heteroatoms. The SMILES string of the molecule is N#Cc1ncc(C(F)(F)F)c(CCl)c1C(F)F. The molecule has 0 fully saturated rings. The van der Waals surface area contributed by atoms with E-state index >= 15 is 0 Å². The molecule has 0 aliphatic heterocycles. The van der Waals surface area contributed by atoms with Gasteiger partial charge in [-0.3, -0.25) is 0 Å². The van der Waals surface area contributed by atoms with Gasteiger partial charge in [0.05, 0.1) is 11.1 Å². The van der Waals surface area contributed by atoms with Crippen LogP contribution < -0.4 is 0 Å². The maximum absolute atomic E-state index is 12.6. The number of halogens is 6. The Labute approximate surface area is 97.6 Å². The number of pyridine rings is 1. The zero-order valence-corrected chi connectivity index (χ0v) is 8.78. The van der Waals surface area contributed by atoms with E-state index in [9.17, 15) is 22.0 Å². The van der Waals surface area contributed by atoms with Crippen molar-refractivity contribution >= 4 is 11.6 Å². The van der Waals surface area contributed by atoms with E-state index in [-0.39, 0.29) is 0 Å². The van der Waals surface area contributed by atoms with Crippen molar-refractivity contribution in [1.82, 2.24) is 4.98 Å². The molecule has 0 aliphatic carbocycles. The fraction of sp³-hybridized carbons (Fsp3) is 0.333. The van der Waals surface area contributed by atoms with Crippen molar-refractivity contribution in [1.29, 1.82) is 5.26 Å². The van der Waals surface area contributed by atoms with Crippen LogP contribution in [0.15, 0.2) is 6.20 Å². The first-order valence-corrected chi connectivity index (χ1v) is 4.69. The average Bonchev–Trinajstić information content (AvgIpc) is 2.25. The monoisotopic (exact) mass is 270 g/mol. The van der Waals surface area contributed by atoms with Crippen LogP contribution in [0.3, 0.4) is 0 Å². The standard InChI is InChI=1S/C9H4ClF5N2/c10-1-4-5(9(13,14)15)3-17-6(2-16)7(4)8(11)12/h3,8H,1H2. The van der Waals surface area contributed by atoms with Crippen molar-refractivity contribution < 1.29 is 22.0 Å². The molecule has 1 heterocycles. The second-order valence-electron chi connectivity index (χ2n) is 2.96. The summed E-state index contributed by atoms with van der Waals surface area (Å²) < 4.78 is 62.7. The quantitative estimate of drug-likeness (QED) is 0.607. The second kappa shape index (κ2) is 4.84. The van der Waals surface area contributed by atoms with Crippen LogP contribution >= 0.6 is 11.6 Å². The number of nitriles is 1. The molecular weight excluding hydrogens is 267 g/mol. The van der Waals surface area contributed by atoms with Crippen LogP contribution in [0.25, 0.3) is 0 Å². The highest BCUT2D eigenvalue weighted by molar-refractivity contribution is 6.17. The molecule has 0 atom stereocenters. The van der Waals surface area contributed by atoms with Gasteiger partial charge in [-0.2, -0.15) is 18.4 Å². The highest BCUT2D eigenvalue weighted by atomic mass is 35.5. The van der Waals surface area contributed by atoms with Crippen LogP contribution in [-0.2, 0) is 12.1 Å². The highest BCUT2D eigenvalue weighted by Crippen LogP contribution is 2.37. The van der Waals surface area contributed by atoms with Crippen LogP contribution in [0.2, 0.25) is 0 Å². The smallest absolute Gasteiger partial charge is 0.244 e. The molecule has 17 heavy (non-hydrogen) atoms. The summed E-state index contributed by atoms with van der Waals surface area (Å²) in [6.45, 7) is 0. The zero-order chi connectivity index (χ0) is 13.2. The molecule has 92 valence electrons. The lowest BCUT2D eigenvalue weighted by Gasteiger charge is -2.15. The molecule has 0 radical (unpaired) electrons. The van der Waals surface area contributed by atoms with Crippen molar-refractivity contribution in [3.8, 4) is 6.07 Å². The predicted molar refractivity (Wildman–Crippen MR) is 48.5 cm³/mol. The first-order chi connectivity index (χ1) is 7.82. The highest BCUT2D eigenvalue weighted by Gasteiger charge is 2.36. The molecular formula is C9H4ClF5N2. The van der Waals surface area contributed by atoms with E-state index in [1.165, 1.54) is 6.07 Å². The molecule has 0 saturated carbocycles. The van der Waals surface area contributed by atoms with Crippen LogP contribution in [0.1, 0.15) is 28.8 Å². The van der Waals surface area contributed by atoms with Gasteiger partial charge in [0.25, 0.3) is 6.43 Å². The number of rotatable bonds is 2. The number of hydrogen-bond acceptors (Lipinski definition) is 2. The van der Waals surface area contributed by atoms with Crippen molar-refractivity contribution in [3.05, 3.63) is 28.6 Å². The predicted octanol–water partition coefficient (Wildman–Crippen LogP) is 3.65. The zero-order valence-electron chi connectivity index (χ0n) is 8.02. The van der Waals surface area contributed by atoms with Gasteiger partial charge in [-0.05, 0) is 5.56 Å². The molecule has 1 rings (SSSR count). The molecule has 0 bridgehead atoms. The average molecular weight is 271 g/mol. The van der Waals surface area contributed by atoms with Gasteiger partial charge in [0.15, 0.2) is 0 Å². The third kappa shape index (κ3) is 2.64. The molecule has 0 amide bonds. The van der Waals surface area contributed by atoms with Crippen LogP contribution in [0, 0.1) is 11.3 Å². The minimum atomic E-state index is -4.84. The minimum Gasteiger partial charge on any atom is -0.244 e. The molecule has 2 nitrogen and oxygen atoms in total. The maximum atomic E-state index is 12.6. The summed E-state index contributed by atoms with van der Waals surface area (Å²) in [5, 5.41) is 8.51. The number of hydrogen-bond donors (Lipinski definition) is 0. The Morgan fingerprint density at radius 1 is 1.41 bits per heavy atom. The summed E-state index contributed by atoms with van der Waals surface area (Å²) in [4.78, 5) is 3.07. The van der Waals surface area contributed by atoms with E-state index in [2.05, 4.69) is 4.98 Å². The molecule has 0 saturated heterocycles. The van der Waals surface area contributed by atoms with Crippen molar-refractivity contribution in [2.24, 2.45) is 0 Å². The summed E-state index contributed by atoms with van der Waals surface area (Å²) >= 11 is 5.25. The Morgan fingerprint density at radius 2 is 2.00 bits per heavy atom. The summed E-state index contributed by atoms with van der Waals surface area (Å²) in [5.74, 6) is -0.772. The van der Waals surface area contributed by atoms with Gasteiger partial charge < -0.3 is 0 Å². The molecule has 0 unspecified atom stereocenters. The van der Waals surface area contributed by atoms with Gasteiger partial charge in [-0.25, -0.2) is 13.8 Å². The molecule has 0 spiro atoms.